The van der Waals surface area contributed by atoms with Gasteiger partial charge in [-0.05, 0) is 54.8 Å². The Hall–Kier alpha value is -2.85. The van der Waals surface area contributed by atoms with Crippen LogP contribution in [0.3, 0.4) is 0 Å². The fourth-order valence-electron chi connectivity index (χ4n) is 2.56. The van der Waals surface area contributed by atoms with E-state index in [1.54, 1.807) is 18.3 Å². The number of carbonyl (C=O) groups excluding carboxylic acids is 1. The molecule has 0 radical (unpaired) electrons. The van der Waals surface area contributed by atoms with E-state index in [0.717, 1.165) is 29.2 Å². The number of nitrogens with one attached hydrogen (secondary N) is 2. The van der Waals surface area contributed by atoms with Gasteiger partial charge in [-0.25, -0.2) is 4.98 Å². The minimum absolute atomic E-state index is 0.151. The lowest BCUT2D eigenvalue weighted by atomic mass is 10.1. The molecule has 3 rings (SSSR count). The second-order valence-corrected chi connectivity index (χ2v) is 6.44. The number of halogens is 1. The highest BCUT2D eigenvalue weighted by molar-refractivity contribution is 6.30. The monoisotopic (exact) mass is 365 g/mol. The van der Waals surface area contributed by atoms with Crippen LogP contribution in [-0.2, 0) is 6.42 Å². The van der Waals surface area contributed by atoms with Crippen molar-refractivity contribution in [3.63, 3.8) is 0 Å². The van der Waals surface area contributed by atoms with Crippen molar-refractivity contribution in [2.24, 2.45) is 0 Å². The Morgan fingerprint density at radius 3 is 2.62 bits per heavy atom. The second-order valence-electron chi connectivity index (χ2n) is 6.00. The van der Waals surface area contributed by atoms with Gasteiger partial charge in [-0.2, -0.15) is 0 Å². The summed E-state index contributed by atoms with van der Waals surface area (Å²) in [5.74, 6) is 0.527. The lowest BCUT2D eigenvalue weighted by Crippen LogP contribution is -2.14. The minimum atomic E-state index is -0.151. The van der Waals surface area contributed by atoms with Crippen molar-refractivity contribution < 1.29 is 4.79 Å². The van der Waals surface area contributed by atoms with E-state index in [1.165, 1.54) is 5.56 Å². The maximum absolute atomic E-state index is 12.5. The van der Waals surface area contributed by atoms with Gasteiger partial charge in [-0.3, -0.25) is 4.79 Å². The summed E-state index contributed by atoms with van der Waals surface area (Å²) in [6.45, 7) is 2.68. The van der Waals surface area contributed by atoms with E-state index in [1.807, 2.05) is 55.5 Å². The smallest absolute Gasteiger partial charge is 0.255 e. The van der Waals surface area contributed by atoms with E-state index in [0.29, 0.717) is 11.4 Å². The van der Waals surface area contributed by atoms with E-state index < -0.39 is 0 Å². The summed E-state index contributed by atoms with van der Waals surface area (Å²) in [6, 6.07) is 18.9. The number of benzene rings is 2. The molecule has 0 atom stereocenters. The number of amides is 1. The molecule has 132 valence electrons. The largest absolute Gasteiger partial charge is 0.370 e. The molecule has 2 aromatic carbocycles. The van der Waals surface area contributed by atoms with E-state index in [2.05, 4.69) is 15.6 Å². The first-order valence-electron chi connectivity index (χ1n) is 8.43. The number of pyridine rings is 1. The third kappa shape index (κ3) is 4.83. The lowest BCUT2D eigenvalue weighted by molar-refractivity contribution is 0.102. The highest BCUT2D eigenvalue weighted by Crippen LogP contribution is 2.16. The Balaban J connectivity index is 1.59. The Bertz CT molecular complexity index is 894. The number of carbonyl (C=O) groups is 1. The average Bonchev–Trinajstić information content (AvgIpc) is 2.65. The third-order valence-electron chi connectivity index (χ3n) is 4.05. The van der Waals surface area contributed by atoms with Crippen LogP contribution in [0.2, 0.25) is 5.02 Å². The number of rotatable bonds is 6. The predicted octanol–water partition coefficient (Wildman–Crippen LogP) is 4.95. The van der Waals surface area contributed by atoms with Crippen molar-refractivity contribution in [1.82, 2.24) is 4.98 Å². The first kappa shape index (κ1) is 18.0. The van der Waals surface area contributed by atoms with E-state index in [9.17, 15) is 4.79 Å². The fraction of sp³-hybridized carbons (Fsp3) is 0.143. The van der Waals surface area contributed by atoms with Gasteiger partial charge in [0.1, 0.15) is 5.82 Å². The summed E-state index contributed by atoms with van der Waals surface area (Å²) in [5, 5.41) is 6.92. The molecule has 0 aliphatic carbocycles. The molecule has 0 aliphatic heterocycles. The maximum Gasteiger partial charge on any atom is 0.255 e. The van der Waals surface area contributed by atoms with Crippen LogP contribution in [0.1, 0.15) is 21.5 Å². The van der Waals surface area contributed by atoms with Crippen LogP contribution in [0.4, 0.5) is 11.5 Å². The van der Waals surface area contributed by atoms with Crippen LogP contribution in [0.5, 0.6) is 0 Å². The Kier molecular flexibility index (Phi) is 5.87. The highest BCUT2D eigenvalue weighted by Gasteiger charge is 2.08. The van der Waals surface area contributed by atoms with Gasteiger partial charge in [0.15, 0.2) is 0 Å². The summed E-state index contributed by atoms with van der Waals surface area (Å²) in [7, 11) is 0. The number of anilines is 2. The number of hydrogen-bond acceptors (Lipinski definition) is 3. The average molecular weight is 366 g/mol. The molecule has 0 unspecified atom stereocenters. The molecule has 0 bridgehead atoms. The van der Waals surface area contributed by atoms with Gasteiger partial charge in [-0.1, -0.05) is 41.9 Å². The van der Waals surface area contributed by atoms with Gasteiger partial charge >= 0.3 is 0 Å². The molecular formula is C21H20ClN3O. The van der Waals surface area contributed by atoms with Crippen LogP contribution in [0, 0.1) is 6.92 Å². The normalized spacial score (nSPS) is 10.4. The number of hydrogen-bond donors (Lipinski definition) is 2. The fourth-order valence-corrected chi connectivity index (χ4v) is 2.69. The van der Waals surface area contributed by atoms with E-state index in [-0.39, 0.29) is 5.91 Å². The topological polar surface area (TPSA) is 54.0 Å². The van der Waals surface area contributed by atoms with Crippen molar-refractivity contribution in [2.75, 3.05) is 17.2 Å². The molecule has 2 N–H and O–H groups in total. The zero-order valence-electron chi connectivity index (χ0n) is 14.5. The van der Waals surface area contributed by atoms with Crippen LogP contribution >= 0.6 is 11.6 Å². The SMILES string of the molecule is Cc1ccccc1NC(=O)c1ccnc(NCCc2ccc(Cl)cc2)c1. The Labute approximate surface area is 158 Å². The van der Waals surface area contributed by atoms with Crippen LogP contribution in [-0.4, -0.2) is 17.4 Å². The summed E-state index contributed by atoms with van der Waals surface area (Å²) in [5.41, 5.74) is 3.59. The van der Waals surface area contributed by atoms with Crippen molar-refractivity contribution in [3.05, 3.63) is 88.6 Å². The quantitative estimate of drug-likeness (QED) is 0.649. The summed E-state index contributed by atoms with van der Waals surface area (Å²) in [4.78, 5) is 16.7. The molecule has 1 amide bonds. The molecule has 5 heteroatoms. The van der Waals surface area contributed by atoms with E-state index >= 15 is 0 Å². The van der Waals surface area contributed by atoms with Gasteiger partial charge in [-0.15, -0.1) is 0 Å². The summed E-state index contributed by atoms with van der Waals surface area (Å²) >= 11 is 5.89. The van der Waals surface area contributed by atoms with Gasteiger partial charge in [0, 0.05) is 29.0 Å². The lowest BCUT2D eigenvalue weighted by Gasteiger charge is -2.10. The molecule has 4 nitrogen and oxygen atoms in total. The standard InChI is InChI=1S/C21H20ClN3O/c1-15-4-2-3-5-19(15)25-21(26)17-11-13-24-20(14-17)23-12-10-16-6-8-18(22)9-7-16/h2-9,11,13-14H,10,12H2,1H3,(H,23,24)(H,25,26). The second kappa shape index (κ2) is 8.50. The highest BCUT2D eigenvalue weighted by atomic mass is 35.5. The molecule has 26 heavy (non-hydrogen) atoms. The van der Waals surface area contributed by atoms with Crippen molar-refractivity contribution in [2.45, 2.75) is 13.3 Å². The minimum Gasteiger partial charge on any atom is -0.370 e. The van der Waals surface area contributed by atoms with Crippen molar-refractivity contribution in [1.29, 1.82) is 0 Å². The van der Waals surface area contributed by atoms with Crippen molar-refractivity contribution >= 4 is 29.0 Å². The zero-order valence-corrected chi connectivity index (χ0v) is 15.3. The molecule has 0 saturated carbocycles. The Morgan fingerprint density at radius 2 is 1.85 bits per heavy atom. The molecule has 0 aliphatic rings. The van der Waals surface area contributed by atoms with Gasteiger partial charge < -0.3 is 10.6 Å². The number of nitrogens with zero attached hydrogens (tertiary/aromatic N) is 1. The molecular weight excluding hydrogens is 346 g/mol. The molecule has 1 aromatic heterocycles. The third-order valence-corrected chi connectivity index (χ3v) is 4.30. The zero-order chi connectivity index (χ0) is 18.4. The van der Waals surface area contributed by atoms with Gasteiger partial charge in [0.05, 0.1) is 0 Å². The van der Waals surface area contributed by atoms with Gasteiger partial charge in [0.2, 0.25) is 0 Å². The first-order valence-corrected chi connectivity index (χ1v) is 8.81. The number of para-hydroxylation sites is 1. The van der Waals surface area contributed by atoms with Crippen LogP contribution < -0.4 is 10.6 Å². The van der Waals surface area contributed by atoms with E-state index in [4.69, 9.17) is 11.6 Å². The summed E-state index contributed by atoms with van der Waals surface area (Å²) in [6.07, 6.45) is 2.48. The van der Waals surface area contributed by atoms with Crippen LogP contribution in [0.15, 0.2) is 66.9 Å². The van der Waals surface area contributed by atoms with Gasteiger partial charge in [0.25, 0.3) is 5.91 Å². The first-order chi connectivity index (χ1) is 12.6. The van der Waals surface area contributed by atoms with Crippen molar-refractivity contribution in [3.8, 4) is 0 Å². The number of aryl methyl sites for hydroxylation is 1. The van der Waals surface area contributed by atoms with Crippen LogP contribution in [0.25, 0.3) is 0 Å². The maximum atomic E-state index is 12.5. The summed E-state index contributed by atoms with van der Waals surface area (Å²) < 4.78 is 0. The number of aromatic nitrogens is 1. The predicted molar refractivity (Wildman–Crippen MR) is 107 cm³/mol. The molecule has 1 heterocycles. The molecule has 3 aromatic rings. The molecule has 0 fully saturated rings. The Morgan fingerprint density at radius 1 is 1.08 bits per heavy atom. The molecule has 0 spiro atoms. The molecule has 0 saturated heterocycles.